The lowest BCUT2D eigenvalue weighted by molar-refractivity contribution is -0.119. The maximum atomic E-state index is 12.1. The quantitative estimate of drug-likeness (QED) is 0.629. The molecule has 0 fully saturated rings. The van der Waals surface area contributed by atoms with Gasteiger partial charge in [-0.3, -0.25) is 4.79 Å². The molecule has 0 atom stereocenters. The Hall–Kier alpha value is -3.23. The van der Waals surface area contributed by atoms with Crippen molar-refractivity contribution in [2.45, 2.75) is 4.90 Å². The predicted octanol–water partition coefficient (Wildman–Crippen LogP) is 2.89. The third-order valence-electron chi connectivity index (χ3n) is 4.24. The highest BCUT2D eigenvalue weighted by Gasteiger charge is 2.18. The number of nitrogens with zero attached hydrogens (tertiary/aromatic N) is 1. The number of ether oxygens (including phenoxy) is 1. The number of anilines is 1. The average Bonchev–Trinajstić information content (AvgIpc) is 2.72. The number of esters is 1. The summed E-state index contributed by atoms with van der Waals surface area (Å²) in [5, 5.41) is 4.72. The van der Waals surface area contributed by atoms with E-state index in [-0.39, 0.29) is 10.5 Å². The molecule has 3 rings (SSSR count). The second-order valence-electron chi connectivity index (χ2n) is 6.50. The standard InChI is InChI=1S/C21H20N2O5S/c1-23(2)29(26,27)19-11-8-16(9-12-19)21(25)28-14-20(24)22-18-10-7-15-5-3-4-6-17(15)13-18/h3-13H,14H2,1-2H3,(H,22,24). The van der Waals surface area contributed by atoms with Gasteiger partial charge in [0, 0.05) is 19.8 Å². The number of carbonyl (C=O) groups excluding carboxylic acids is 2. The summed E-state index contributed by atoms with van der Waals surface area (Å²) in [6.45, 7) is -0.455. The Morgan fingerprint density at radius 3 is 2.24 bits per heavy atom. The van der Waals surface area contributed by atoms with Crippen molar-refractivity contribution >= 4 is 38.4 Å². The first-order valence-corrected chi connectivity index (χ1v) is 10.2. The summed E-state index contributed by atoms with van der Waals surface area (Å²) < 4.78 is 30.2. The van der Waals surface area contributed by atoms with Crippen LogP contribution in [0.3, 0.4) is 0 Å². The zero-order valence-corrected chi connectivity index (χ0v) is 16.8. The van der Waals surface area contributed by atoms with Crippen LogP contribution in [0.5, 0.6) is 0 Å². The second-order valence-corrected chi connectivity index (χ2v) is 8.65. The van der Waals surface area contributed by atoms with Crippen LogP contribution in [0.1, 0.15) is 10.4 Å². The molecule has 0 heterocycles. The monoisotopic (exact) mass is 412 g/mol. The molecule has 1 N–H and O–H groups in total. The largest absolute Gasteiger partial charge is 0.452 e. The van der Waals surface area contributed by atoms with Crippen LogP contribution < -0.4 is 5.32 Å². The van der Waals surface area contributed by atoms with Crippen LogP contribution in [0.15, 0.2) is 71.6 Å². The van der Waals surface area contributed by atoms with Crippen LogP contribution >= 0.6 is 0 Å². The molecule has 0 saturated heterocycles. The molecular weight excluding hydrogens is 392 g/mol. The number of nitrogens with one attached hydrogen (secondary N) is 1. The topological polar surface area (TPSA) is 92.8 Å². The summed E-state index contributed by atoms with van der Waals surface area (Å²) in [4.78, 5) is 24.2. The fourth-order valence-electron chi connectivity index (χ4n) is 2.65. The van der Waals surface area contributed by atoms with Crippen molar-refractivity contribution in [1.82, 2.24) is 4.31 Å². The molecule has 0 radical (unpaired) electrons. The zero-order chi connectivity index (χ0) is 21.0. The Labute approximate surface area is 169 Å². The Morgan fingerprint density at radius 1 is 0.931 bits per heavy atom. The minimum Gasteiger partial charge on any atom is -0.452 e. The van der Waals surface area contributed by atoms with Crippen LogP contribution in [-0.2, 0) is 19.6 Å². The van der Waals surface area contributed by atoms with Crippen LogP contribution in [0.25, 0.3) is 10.8 Å². The van der Waals surface area contributed by atoms with E-state index in [4.69, 9.17) is 4.74 Å². The number of fused-ring (bicyclic) bond motifs is 1. The lowest BCUT2D eigenvalue weighted by Gasteiger charge is -2.11. The lowest BCUT2D eigenvalue weighted by Crippen LogP contribution is -2.22. The molecule has 1 amide bonds. The lowest BCUT2D eigenvalue weighted by atomic mass is 10.1. The van der Waals surface area contributed by atoms with Crippen LogP contribution in [0.4, 0.5) is 5.69 Å². The van der Waals surface area contributed by atoms with Crippen molar-refractivity contribution in [3.8, 4) is 0 Å². The molecule has 8 heteroatoms. The van der Waals surface area contributed by atoms with E-state index < -0.39 is 28.5 Å². The van der Waals surface area contributed by atoms with E-state index >= 15 is 0 Å². The van der Waals surface area contributed by atoms with Gasteiger partial charge in [-0.05, 0) is 47.2 Å². The number of sulfonamides is 1. The highest BCUT2D eigenvalue weighted by molar-refractivity contribution is 7.89. The van der Waals surface area contributed by atoms with Gasteiger partial charge in [0.25, 0.3) is 5.91 Å². The third kappa shape index (κ3) is 4.79. The minimum absolute atomic E-state index is 0.0631. The number of carbonyl (C=O) groups is 2. The minimum atomic E-state index is -3.58. The fourth-order valence-corrected chi connectivity index (χ4v) is 3.55. The first-order valence-electron chi connectivity index (χ1n) is 8.76. The van der Waals surface area contributed by atoms with Crippen LogP contribution in [0.2, 0.25) is 0 Å². The maximum absolute atomic E-state index is 12.1. The van der Waals surface area contributed by atoms with Gasteiger partial charge in [0.15, 0.2) is 6.61 Å². The SMILES string of the molecule is CN(C)S(=O)(=O)c1ccc(C(=O)OCC(=O)Nc2ccc3ccccc3c2)cc1. The maximum Gasteiger partial charge on any atom is 0.338 e. The van der Waals surface area contributed by atoms with E-state index in [1.165, 1.54) is 38.4 Å². The molecule has 0 bridgehead atoms. The summed E-state index contributed by atoms with van der Waals surface area (Å²) >= 11 is 0. The summed E-state index contributed by atoms with van der Waals surface area (Å²) in [6.07, 6.45) is 0. The smallest absolute Gasteiger partial charge is 0.338 e. The molecule has 0 spiro atoms. The Kier molecular flexibility index (Phi) is 5.95. The molecule has 3 aromatic rings. The van der Waals surface area contributed by atoms with Gasteiger partial charge in [0.1, 0.15) is 0 Å². The molecule has 0 aliphatic heterocycles. The molecule has 0 aliphatic rings. The number of hydrogen-bond acceptors (Lipinski definition) is 5. The first-order chi connectivity index (χ1) is 13.8. The molecule has 3 aromatic carbocycles. The van der Waals surface area contributed by atoms with Gasteiger partial charge in [-0.2, -0.15) is 0 Å². The van der Waals surface area contributed by atoms with Crippen molar-refractivity contribution in [3.63, 3.8) is 0 Å². The Bertz CT molecular complexity index is 1160. The van der Waals surface area contributed by atoms with Crippen molar-refractivity contribution < 1.29 is 22.7 Å². The van der Waals surface area contributed by atoms with E-state index in [0.29, 0.717) is 5.69 Å². The number of amides is 1. The summed E-state index contributed by atoms with van der Waals surface area (Å²) in [5.41, 5.74) is 0.754. The average molecular weight is 412 g/mol. The van der Waals surface area contributed by atoms with Crippen molar-refractivity contribution in [1.29, 1.82) is 0 Å². The molecule has 150 valence electrons. The van der Waals surface area contributed by atoms with Gasteiger partial charge < -0.3 is 10.1 Å². The summed E-state index contributed by atoms with van der Waals surface area (Å²) in [7, 11) is -0.734. The number of benzene rings is 3. The fraction of sp³-hybridized carbons (Fsp3) is 0.143. The molecule has 0 saturated carbocycles. The Morgan fingerprint density at radius 2 is 1.59 bits per heavy atom. The van der Waals surface area contributed by atoms with Crippen molar-refractivity contribution in [3.05, 3.63) is 72.3 Å². The van der Waals surface area contributed by atoms with E-state index in [9.17, 15) is 18.0 Å². The van der Waals surface area contributed by atoms with E-state index in [1.807, 2.05) is 36.4 Å². The first kappa shape index (κ1) is 20.5. The number of rotatable bonds is 6. The third-order valence-corrected chi connectivity index (χ3v) is 6.07. The van der Waals surface area contributed by atoms with Gasteiger partial charge in [-0.25, -0.2) is 17.5 Å². The highest BCUT2D eigenvalue weighted by Crippen LogP contribution is 2.19. The normalized spacial score (nSPS) is 11.4. The van der Waals surface area contributed by atoms with Crippen LogP contribution in [0, 0.1) is 0 Å². The van der Waals surface area contributed by atoms with Crippen LogP contribution in [-0.4, -0.2) is 45.3 Å². The van der Waals surface area contributed by atoms with Gasteiger partial charge in [0.05, 0.1) is 10.5 Å². The van der Waals surface area contributed by atoms with Gasteiger partial charge in [-0.1, -0.05) is 30.3 Å². The van der Waals surface area contributed by atoms with Crippen molar-refractivity contribution in [2.75, 3.05) is 26.0 Å². The zero-order valence-electron chi connectivity index (χ0n) is 16.0. The van der Waals surface area contributed by atoms with Gasteiger partial charge >= 0.3 is 5.97 Å². The van der Waals surface area contributed by atoms with Gasteiger partial charge in [-0.15, -0.1) is 0 Å². The van der Waals surface area contributed by atoms with E-state index in [1.54, 1.807) is 6.07 Å². The molecule has 0 aromatic heterocycles. The molecule has 0 aliphatic carbocycles. The number of hydrogen-bond donors (Lipinski definition) is 1. The molecule has 29 heavy (non-hydrogen) atoms. The Balaban J connectivity index is 1.59. The highest BCUT2D eigenvalue weighted by atomic mass is 32.2. The summed E-state index contributed by atoms with van der Waals surface area (Å²) in [5.74, 6) is -1.19. The molecular formula is C21H20N2O5S. The van der Waals surface area contributed by atoms with Crippen molar-refractivity contribution in [2.24, 2.45) is 0 Å². The summed E-state index contributed by atoms with van der Waals surface area (Å²) in [6, 6.07) is 18.6. The van der Waals surface area contributed by atoms with E-state index in [2.05, 4.69) is 5.32 Å². The molecule has 7 nitrogen and oxygen atoms in total. The molecule has 0 unspecified atom stereocenters. The van der Waals surface area contributed by atoms with E-state index in [0.717, 1.165) is 15.1 Å². The second kappa shape index (κ2) is 8.42. The van der Waals surface area contributed by atoms with Gasteiger partial charge in [0.2, 0.25) is 10.0 Å². The predicted molar refractivity (Wildman–Crippen MR) is 110 cm³/mol.